The van der Waals surface area contributed by atoms with E-state index in [4.69, 9.17) is 11.5 Å². The van der Waals surface area contributed by atoms with Crippen LogP contribution in [0.25, 0.3) is 0 Å². The Hall–Kier alpha value is -1.85. The Morgan fingerprint density at radius 3 is 2.77 bits per heavy atom. The molecule has 0 radical (unpaired) electrons. The van der Waals surface area contributed by atoms with Crippen molar-refractivity contribution in [1.82, 2.24) is 4.90 Å². The third kappa shape index (κ3) is 3.15. The van der Waals surface area contributed by atoms with Gasteiger partial charge in [0.2, 0.25) is 0 Å². The van der Waals surface area contributed by atoms with Crippen molar-refractivity contribution in [2.24, 2.45) is 5.73 Å². The Bertz CT molecular complexity index is 666. The van der Waals surface area contributed by atoms with E-state index in [1.165, 1.54) is 21.8 Å². The quantitative estimate of drug-likeness (QED) is 0.890. The molecule has 1 aromatic carbocycles. The third-order valence-corrected chi connectivity index (χ3v) is 5.24. The first-order chi connectivity index (χ1) is 10.6. The summed E-state index contributed by atoms with van der Waals surface area (Å²) in [6.07, 6.45) is 3.11. The van der Waals surface area contributed by atoms with E-state index in [9.17, 15) is 4.79 Å². The molecule has 0 atom stereocenters. The molecule has 4 nitrogen and oxygen atoms in total. The average Bonchev–Trinajstić information content (AvgIpc) is 2.83. The Balaban J connectivity index is 1.58. The highest BCUT2D eigenvalue weighted by atomic mass is 32.1. The van der Waals surface area contributed by atoms with Crippen LogP contribution in [-0.2, 0) is 19.4 Å². The summed E-state index contributed by atoms with van der Waals surface area (Å²) < 4.78 is 0. The van der Waals surface area contributed by atoms with Crippen molar-refractivity contribution < 1.29 is 4.79 Å². The molecule has 0 saturated carbocycles. The van der Waals surface area contributed by atoms with Crippen molar-refractivity contribution >= 4 is 22.2 Å². The molecular weight excluding hydrogens is 294 g/mol. The third-order valence-electron chi connectivity index (χ3n) is 4.19. The predicted molar refractivity (Wildman–Crippen MR) is 91.0 cm³/mol. The number of amides is 1. The highest BCUT2D eigenvalue weighted by Crippen LogP contribution is 2.34. The van der Waals surface area contributed by atoms with E-state index in [1.54, 1.807) is 0 Å². The van der Waals surface area contributed by atoms with Crippen LogP contribution in [0.5, 0.6) is 0 Å². The van der Waals surface area contributed by atoms with Crippen LogP contribution in [0, 0.1) is 0 Å². The number of anilines is 1. The van der Waals surface area contributed by atoms with Gasteiger partial charge in [-0.3, -0.25) is 9.69 Å². The van der Waals surface area contributed by atoms with Crippen LogP contribution in [0.15, 0.2) is 30.3 Å². The number of thiophene rings is 1. The van der Waals surface area contributed by atoms with Crippen LogP contribution in [0.3, 0.4) is 0 Å². The molecule has 3 rings (SSSR count). The number of carbonyl (C=O) groups is 1. The second-order valence-corrected chi connectivity index (χ2v) is 6.86. The number of primary amides is 1. The van der Waals surface area contributed by atoms with Crippen LogP contribution < -0.4 is 11.5 Å². The fourth-order valence-electron chi connectivity index (χ4n) is 3.09. The molecule has 22 heavy (non-hydrogen) atoms. The molecular formula is C17H21N3OS. The summed E-state index contributed by atoms with van der Waals surface area (Å²) in [5.41, 5.74) is 14.4. The summed E-state index contributed by atoms with van der Waals surface area (Å²) in [4.78, 5) is 15.1. The molecule has 1 aromatic heterocycles. The summed E-state index contributed by atoms with van der Waals surface area (Å²) in [6, 6.07) is 10.6. The highest BCUT2D eigenvalue weighted by Gasteiger charge is 2.25. The number of benzene rings is 1. The van der Waals surface area contributed by atoms with Gasteiger partial charge in [-0.15, -0.1) is 11.3 Å². The monoisotopic (exact) mass is 315 g/mol. The van der Waals surface area contributed by atoms with Gasteiger partial charge in [0.25, 0.3) is 5.91 Å². The fraction of sp³-hybridized carbons (Fsp3) is 0.353. The molecule has 0 fully saturated rings. The summed E-state index contributed by atoms with van der Waals surface area (Å²) in [5, 5.41) is 0.573. The molecule has 2 aromatic rings. The lowest BCUT2D eigenvalue weighted by molar-refractivity contribution is 0.1000. The fourth-order valence-corrected chi connectivity index (χ4v) is 4.26. The number of hydrogen-bond acceptors (Lipinski definition) is 4. The van der Waals surface area contributed by atoms with Crippen molar-refractivity contribution in [2.45, 2.75) is 25.8 Å². The maximum absolute atomic E-state index is 11.5. The van der Waals surface area contributed by atoms with Crippen molar-refractivity contribution in [3.8, 4) is 0 Å². The minimum Gasteiger partial charge on any atom is -0.390 e. The van der Waals surface area contributed by atoms with E-state index in [2.05, 4.69) is 29.2 Å². The van der Waals surface area contributed by atoms with Gasteiger partial charge in [0.1, 0.15) is 0 Å². The Labute approximate surface area is 134 Å². The number of nitrogen functional groups attached to an aromatic ring is 1. The van der Waals surface area contributed by atoms with E-state index in [1.807, 2.05) is 6.07 Å². The van der Waals surface area contributed by atoms with Gasteiger partial charge in [0.05, 0.1) is 10.6 Å². The minimum atomic E-state index is -0.396. The number of rotatable bonds is 5. The minimum absolute atomic E-state index is 0.396. The van der Waals surface area contributed by atoms with Crippen LogP contribution in [-0.4, -0.2) is 23.9 Å². The lowest BCUT2D eigenvalue weighted by Gasteiger charge is -2.27. The van der Waals surface area contributed by atoms with Gasteiger partial charge in [0, 0.05) is 18.0 Å². The van der Waals surface area contributed by atoms with Crippen molar-refractivity contribution in [1.29, 1.82) is 0 Å². The largest absolute Gasteiger partial charge is 0.390 e. The molecule has 116 valence electrons. The van der Waals surface area contributed by atoms with Gasteiger partial charge >= 0.3 is 0 Å². The van der Waals surface area contributed by atoms with E-state index in [0.29, 0.717) is 10.6 Å². The van der Waals surface area contributed by atoms with Gasteiger partial charge < -0.3 is 11.5 Å². The summed E-state index contributed by atoms with van der Waals surface area (Å²) in [7, 11) is 0. The smallest absolute Gasteiger partial charge is 0.251 e. The lowest BCUT2D eigenvalue weighted by atomic mass is 10.0. The van der Waals surface area contributed by atoms with E-state index in [0.717, 1.165) is 44.5 Å². The predicted octanol–water partition coefficient (Wildman–Crippen LogP) is 2.42. The number of nitrogens with two attached hydrogens (primary N) is 2. The zero-order valence-electron chi connectivity index (χ0n) is 12.5. The normalized spacial score (nSPS) is 14.7. The second kappa shape index (κ2) is 6.50. The summed E-state index contributed by atoms with van der Waals surface area (Å²) in [6.45, 7) is 2.92. The first-order valence-corrected chi connectivity index (χ1v) is 8.43. The second-order valence-electron chi connectivity index (χ2n) is 5.72. The van der Waals surface area contributed by atoms with Crippen molar-refractivity contribution in [2.75, 3.05) is 18.8 Å². The molecule has 0 bridgehead atoms. The Morgan fingerprint density at radius 2 is 2.05 bits per heavy atom. The molecule has 0 spiro atoms. The molecule has 1 amide bonds. The SMILES string of the molecule is NC(=O)c1c(N)sc2c1CCN(CCCc1ccccc1)C2. The van der Waals surface area contributed by atoms with Crippen LogP contribution in [0.2, 0.25) is 0 Å². The average molecular weight is 315 g/mol. The topological polar surface area (TPSA) is 72.3 Å². The standard InChI is InChI=1S/C17H21N3OS/c18-16(21)15-13-8-10-20(11-14(13)22-17(15)19)9-4-7-12-5-2-1-3-6-12/h1-3,5-6H,4,7-11,19H2,(H2,18,21). The maximum atomic E-state index is 11.5. The first kappa shape index (κ1) is 15.1. The van der Waals surface area contributed by atoms with Gasteiger partial charge in [0.15, 0.2) is 0 Å². The number of carbonyl (C=O) groups excluding carboxylic acids is 1. The molecule has 2 heterocycles. The maximum Gasteiger partial charge on any atom is 0.251 e. The molecule has 1 aliphatic heterocycles. The van der Waals surface area contributed by atoms with Crippen molar-refractivity contribution in [3.05, 3.63) is 51.9 Å². The van der Waals surface area contributed by atoms with E-state index < -0.39 is 5.91 Å². The number of hydrogen-bond donors (Lipinski definition) is 2. The van der Waals surface area contributed by atoms with Crippen LogP contribution >= 0.6 is 11.3 Å². The Morgan fingerprint density at radius 1 is 1.27 bits per heavy atom. The number of aryl methyl sites for hydroxylation is 1. The molecule has 0 saturated heterocycles. The van der Waals surface area contributed by atoms with Crippen LogP contribution in [0.1, 0.15) is 32.8 Å². The molecule has 1 aliphatic rings. The van der Waals surface area contributed by atoms with Gasteiger partial charge in [-0.25, -0.2) is 0 Å². The zero-order valence-corrected chi connectivity index (χ0v) is 13.4. The molecule has 0 unspecified atom stereocenters. The highest BCUT2D eigenvalue weighted by molar-refractivity contribution is 7.16. The first-order valence-electron chi connectivity index (χ1n) is 7.61. The zero-order chi connectivity index (χ0) is 15.5. The van der Waals surface area contributed by atoms with E-state index >= 15 is 0 Å². The van der Waals surface area contributed by atoms with Crippen molar-refractivity contribution in [3.63, 3.8) is 0 Å². The van der Waals surface area contributed by atoms with Gasteiger partial charge in [-0.05, 0) is 36.9 Å². The molecule has 4 N–H and O–H groups in total. The van der Waals surface area contributed by atoms with Gasteiger partial charge in [-0.1, -0.05) is 30.3 Å². The van der Waals surface area contributed by atoms with Crippen LogP contribution in [0.4, 0.5) is 5.00 Å². The summed E-state index contributed by atoms with van der Waals surface area (Å²) >= 11 is 1.51. The molecule has 5 heteroatoms. The van der Waals surface area contributed by atoms with E-state index in [-0.39, 0.29) is 0 Å². The number of nitrogens with zero attached hydrogens (tertiary/aromatic N) is 1. The number of fused-ring (bicyclic) bond motifs is 1. The summed E-state index contributed by atoms with van der Waals surface area (Å²) in [5.74, 6) is -0.396. The molecule has 0 aliphatic carbocycles. The Kier molecular flexibility index (Phi) is 4.45. The lowest BCUT2D eigenvalue weighted by Crippen LogP contribution is -2.31. The van der Waals surface area contributed by atoms with Gasteiger partial charge in [-0.2, -0.15) is 0 Å².